The summed E-state index contributed by atoms with van der Waals surface area (Å²) >= 11 is 0. The van der Waals surface area contributed by atoms with E-state index in [-0.39, 0.29) is 23.9 Å². The number of aryl methyl sites for hydroxylation is 2. The highest BCUT2D eigenvalue weighted by Gasteiger charge is 2.29. The smallest absolute Gasteiger partial charge is 0.341 e. The molecule has 2 heterocycles. The summed E-state index contributed by atoms with van der Waals surface area (Å²) < 4.78 is 16.3. The van der Waals surface area contributed by atoms with Gasteiger partial charge in [0.15, 0.2) is 5.82 Å². The van der Waals surface area contributed by atoms with Gasteiger partial charge in [0.1, 0.15) is 5.82 Å². The SMILES string of the molecule is Cc1ccc(N(c2[nH]c3cc(C#N)ccc3c2C)C(C)C)c(F)c1C1CCN(C(C)C)CC1.O=C=O. The molecule has 190 valence electrons. The number of nitrogens with one attached hydrogen (secondary N) is 1. The standard InChI is InChI=1S/C28H35FN4.CO2/c1-17(2)32-13-11-22(12-14-32)26-19(5)7-10-25(27(26)29)33(18(3)4)28-20(6)23-9-8-21(16-30)15-24(23)31-28;2-1-3/h7-10,15,17-18,22,31H,11-14H2,1-6H3;. The molecule has 1 aromatic heterocycles. The second-order valence-electron chi connectivity index (χ2n) is 10.1. The molecule has 0 bridgehead atoms. The zero-order chi connectivity index (χ0) is 26.6. The number of nitrogens with zero attached hydrogens (tertiary/aromatic N) is 3. The number of aromatic nitrogens is 1. The molecule has 1 N–H and O–H groups in total. The van der Waals surface area contributed by atoms with Crippen LogP contribution in [0.4, 0.5) is 15.9 Å². The maximum absolute atomic E-state index is 16.3. The van der Waals surface area contributed by atoms with Gasteiger partial charge in [-0.05, 0) is 108 Å². The van der Waals surface area contributed by atoms with E-state index in [1.165, 1.54) is 0 Å². The minimum Gasteiger partial charge on any atom is -0.341 e. The Kier molecular flexibility index (Phi) is 8.68. The van der Waals surface area contributed by atoms with Gasteiger partial charge in [0.25, 0.3) is 0 Å². The first-order valence-electron chi connectivity index (χ1n) is 12.5. The molecule has 0 saturated carbocycles. The van der Waals surface area contributed by atoms with Crippen LogP contribution in [0.25, 0.3) is 10.9 Å². The Hall–Kier alpha value is -3.46. The average molecular weight is 491 g/mol. The van der Waals surface area contributed by atoms with E-state index in [9.17, 15) is 5.26 Å². The highest BCUT2D eigenvalue weighted by molar-refractivity contribution is 5.91. The summed E-state index contributed by atoms with van der Waals surface area (Å²) in [5, 5.41) is 10.3. The van der Waals surface area contributed by atoms with Crippen LogP contribution in [-0.2, 0) is 9.59 Å². The van der Waals surface area contributed by atoms with Gasteiger partial charge in [-0.1, -0.05) is 12.1 Å². The average Bonchev–Trinajstić information content (AvgIpc) is 3.16. The second kappa shape index (κ2) is 11.5. The molecule has 1 fully saturated rings. The van der Waals surface area contributed by atoms with Gasteiger partial charge in [0.05, 0.1) is 17.3 Å². The van der Waals surface area contributed by atoms with Crippen molar-refractivity contribution in [3.05, 3.63) is 58.4 Å². The molecule has 0 unspecified atom stereocenters. The van der Waals surface area contributed by atoms with Crippen LogP contribution in [0.1, 0.15) is 68.7 Å². The Morgan fingerprint density at radius 2 is 1.72 bits per heavy atom. The summed E-state index contributed by atoms with van der Waals surface area (Å²) in [5.74, 6) is 1.04. The Balaban J connectivity index is 0.00000115. The molecule has 36 heavy (non-hydrogen) atoms. The van der Waals surface area contributed by atoms with Gasteiger partial charge >= 0.3 is 6.15 Å². The van der Waals surface area contributed by atoms with Crippen molar-refractivity contribution in [1.82, 2.24) is 9.88 Å². The first kappa shape index (κ1) is 27.1. The van der Waals surface area contributed by atoms with Gasteiger partial charge in [-0.2, -0.15) is 14.9 Å². The zero-order valence-corrected chi connectivity index (χ0v) is 22.0. The number of anilines is 2. The van der Waals surface area contributed by atoms with Gasteiger partial charge in [0.2, 0.25) is 0 Å². The number of carbonyl (C=O) groups excluding carboxylic acids is 2. The second-order valence-corrected chi connectivity index (χ2v) is 10.1. The number of nitriles is 1. The van der Waals surface area contributed by atoms with Gasteiger partial charge in [0, 0.05) is 23.0 Å². The number of hydrogen-bond acceptors (Lipinski definition) is 5. The number of rotatable bonds is 5. The molecule has 1 aliphatic rings. The number of aromatic amines is 1. The van der Waals surface area contributed by atoms with Crippen molar-refractivity contribution in [2.24, 2.45) is 0 Å². The fraction of sp³-hybridized carbons (Fsp3) is 0.448. The fourth-order valence-electron chi connectivity index (χ4n) is 5.36. The lowest BCUT2D eigenvalue weighted by atomic mass is 9.85. The van der Waals surface area contributed by atoms with Crippen LogP contribution in [0, 0.1) is 31.0 Å². The van der Waals surface area contributed by atoms with E-state index in [1.54, 1.807) is 0 Å². The van der Waals surface area contributed by atoms with Crippen molar-refractivity contribution in [2.45, 2.75) is 72.4 Å². The third-order valence-electron chi connectivity index (χ3n) is 7.22. The lowest BCUT2D eigenvalue weighted by Gasteiger charge is -2.36. The summed E-state index contributed by atoms with van der Waals surface area (Å²) in [4.78, 5) is 24.3. The number of piperidine rings is 1. The summed E-state index contributed by atoms with van der Waals surface area (Å²) in [5.41, 5.74) is 5.11. The van der Waals surface area contributed by atoms with E-state index in [1.807, 2.05) is 31.2 Å². The lowest BCUT2D eigenvalue weighted by Crippen LogP contribution is -2.38. The molecule has 0 radical (unpaired) electrons. The molecule has 6 nitrogen and oxygen atoms in total. The molecular weight excluding hydrogens is 455 g/mol. The Morgan fingerprint density at radius 3 is 2.28 bits per heavy atom. The highest BCUT2D eigenvalue weighted by Crippen LogP contribution is 2.40. The normalized spacial score (nSPS) is 14.4. The summed E-state index contributed by atoms with van der Waals surface area (Å²) in [6.07, 6.45) is 2.23. The van der Waals surface area contributed by atoms with Crippen LogP contribution >= 0.6 is 0 Å². The van der Waals surface area contributed by atoms with Crippen molar-refractivity contribution < 1.29 is 14.0 Å². The van der Waals surface area contributed by atoms with Gasteiger partial charge in [-0.15, -0.1) is 0 Å². The van der Waals surface area contributed by atoms with E-state index in [0.717, 1.165) is 59.3 Å². The van der Waals surface area contributed by atoms with E-state index < -0.39 is 0 Å². The van der Waals surface area contributed by atoms with Crippen LogP contribution in [0.2, 0.25) is 0 Å². The Morgan fingerprint density at radius 1 is 1.08 bits per heavy atom. The number of H-pyrrole nitrogens is 1. The summed E-state index contributed by atoms with van der Waals surface area (Å²) in [6, 6.07) is 12.5. The van der Waals surface area contributed by atoms with Crippen molar-refractivity contribution >= 4 is 28.6 Å². The quantitative estimate of drug-likeness (QED) is 0.451. The zero-order valence-electron chi connectivity index (χ0n) is 22.0. The van der Waals surface area contributed by atoms with Gasteiger partial charge < -0.3 is 14.8 Å². The van der Waals surface area contributed by atoms with E-state index >= 15 is 4.39 Å². The minimum atomic E-state index is -0.0949. The maximum Gasteiger partial charge on any atom is 0.373 e. The number of hydrogen-bond donors (Lipinski definition) is 1. The molecule has 2 aromatic carbocycles. The Labute approximate surface area is 212 Å². The van der Waals surface area contributed by atoms with Gasteiger partial charge in [-0.25, -0.2) is 4.39 Å². The largest absolute Gasteiger partial charge is 0.373 e. The molecule has 0 spiro atoms. The van der Waals surface area contributed by atoms with Crippen LogP contribution in [0.15, 0.2) is 30.3 Å². The molecule has 3 aromatic rings. The topological polar surface area (TPSA) is 80.2 Å². The van der Waals surface area contributed by atoms with Crippen LogP contribution < -0.4 is 4.90 Å². The Bertz CT molecular complexity index is 1290. The highest BCUT2D eigenvalue weighted by atomic mass is 19.1. The molecule has 1 aliphatic heterocycles. The molecule has 7 heteroatoms. The maximum atomic E-state index is 16.3. The molecular formula is C29H35FN4O2. The summed E-state index contributed by atoms with van der Waals surface area (Å²) in [6.45, 7) is 14.8. The van der Waals surface area contributed by atoms with Crippen LogP contribution in [0.5, 0.6) is 0 Å². The monoisotopic (exact) mass is 490 g/mol. The fourth-order valence-corrected chi connectivity index (χ4v) is 5.36. The predicted molar refractivity (Wildman–Crippen MR) is 140 cm³/mol. The lowest BCUT2D eigenvalue weighted by molar-refractivity contribution is -0.191. The first-order valence-corrected chi connectivity index (χ1v) is 12.5. The molecule has 4 rings (SSSR count). The van der Waals surface area contributed by atoms with E-state index in [2.05, 4.69) is 61.5 Å². The molecule has 1 saturated heterocycles. The third-order valence-corrected chi connectivity index (χ3v) is 7.22. The van der Waals surface area contributed by atoms with Crippen LogP contribution in [-0.4, -0.2) is 41.2 Å². The molecule has 0 atom stereocenters. The number of benzene rings is 2. The molecule has 0 aliphatic carbocycles. The number of halogens is 1. The summed E-state index contributed by atoms with van der Waals surface area (Å²) in [7, 11) is 0. The van der Waals surface area contributed by atoms with E-state index in [4.69, 9.17) is 9.59 Å². The van der Waals surface area contributed by atoms with Crippen LogP contribution in [0.3, 0.4) is 0 Å². The predicted octanol–water partition coefficient (Wildman–Crippen LogP) is 6.35. The number of fused-ring (bicyclic) bond motifs is 1. The number of likely N-dealkylation sites (tertiary alicyclic amines) is 1. The minimum absolute atomic E-state index is 0.0556. The third kappa shape index (κ3) is 5.36. The van der Waals surface area contributed by atoms with Gasteiger partial charge in [-0.3, -0.25) is 0 Å². The van der Waals surface area contributed by atoms with E-state index in [0.29, 0.717) is 17.3 Å². The van der Waals surface area contributed by atoms with Crippen molar-refractivity contribution in [3.63, 3.8) is 0 Å². The van der Waals surface area contributed by atoms with Crippen molar-refractivity contribution in [1.29, 1.82) is 5.26 Å². The van der Waals surface area contributed by atoms with Crippen molar-refractivity contribution in [2.75, 3.05) is 18.0 Å². The van der Waals surface area contributed by atoms with Crippen molar-refractivity contribution in [3.8, 4) is 6.07 Å². The molecule has 0 amide bonds. The first-order chi connectivity index (χ1) is 17.1.